The molecule has 0 aliphatic heterocycles. The Hall–Kier alpha value is -2.35. The summed E-state index contributed by atoms with van der Waals surface area (Å²) in [5.74, 6) is -0.161. The molecule has 0 saturated heterocycles. The molecule has 1 N–H and O–H groups in total. The summed E-state index contributed by atoms with van der Waals surface area (Å²) in [5.41, 5.74) is 0.550. The third-order valence-electron chi connectivity index (χ3n) is 3.72. The molecule has 29 heavy (non-hydrogen) atoms. The molecule has 2 rings (SSSR count). The van der Waals surface area contributed by atoms with Crippen LogP contribution in [0.25, 0.3) is 0 Å². The molecule has 0 aromatic heterocycles. The highest BCUT2D eigenvalue weighted by Gasteiger charge is 2.12. The zero-order valence-electron chi connectivity index (χ0n) is 16.2. The molecule has 0 spiro atoms. The summed E-state index contributed by atoms with van der Waals surface area (Å²) in [5, 5.41) is 12.9. The van der Waals surface area contributed by atoms with Crippen molar-refractivity contribution in [2.75, 3.05) is 13.2 Å². The van der Waals surface area contributed by atoms with Gasteiger partial charge in [0.2, 0.25) is 5.78 Å². The van der Waals surface area contributed by atoms with Crippen molar-refractivity contribution in [1.82, 2.24) is 0 Å². The number of Topliss-reactive ketones (excluding diaryl/α,β-unsaturated/α-hetero) is 1. The quantitative estimate of drug-likeness (QED) is 0.190. The second kappa shape index (κ2) is 11.6. The molecular formula is C21H22ClNO5S. The molecule has 0 fully saturated rings. The fraction of sp³-hybridized carbons (Fsp3) is 0.286. The first-order chi connectivity index (χ1) is 13.9. The Balaban J connectivity index is 2.01. The van der Waals surface area contributed by atoms with Gasteiger partial charge in [-0.25, -0.2) is 4.79 Å². The van der Waals surface area contributed by atoms with Crippen molar-refractivity contribution >= 4 is 40.8 Å². The van der Waals surface area contributed by atoms with Gasteiger partial charge in [-0.2, -0.15) is 0 Å². The lowest BCUT2D eigenvalue weighted by atomic mass is 10.1. The van der Waals surface area contributed by atoms with Crippen LogP contribution < -0.4 is 4.74 Å². The van der Waals surface area contributed by atoms with Crippen LogP contribution in [0.4, 0.5) is 0 Å². The van der Waals surface area contributed by atoms with Crippen LogP contribution in [-0.4, -0.2) is 35.8 Å². The van der Waals surface area contributed by atoms with Crippen molar-refractivity contribution < 1.29 is 24.3 Å². The van der Waals surface area contributed by atoms with E-state index in [1.165, 1.54) is 18.7 Å². The Bertz CT molecular complexity index is 883. The smallest absolute Gasteiger partial charge is 0.334 e. The van der Waals surface area contributed by atoms with Gasteiger partial charge in [-0.15, -0.1) is 0 Å². The van der Waals surface area contributed by atoms with E-state index in [0.29, 0.717) is 29.4 Å². The molecule has 0 unspecified atom stereocenters. The van der Waals surface area contributed by atoms with Gasteiger partial charge in [-0.1, -0.05) is 35.4 Å². The second-order valence-electron chi connectivity index (χ2n) is 5.97. The fourth-order valence-corrected chi connectivity index (χ4v) is 3.25. The standard InChI is InChI=1S/C21H22ClNO5S/c1-3-20(25)28-23-14(2)21(26)15-5-8-17(9-6-15)29-19-10-7-16(13-18(19)22)27-12-4-11-24/h5-10,13,24H,3-4,11-12H2,1-2H3/b23-14+. The second-order valence-corrected chi connectivity index (χ2v) is 7.49. The van der Waals surface area contributed by atoms with E-state index in [2.05, 4.69) is 9.99 Å². The number of benzene rings is 2. The minimum absolute atomic E-state index is 0.0788. The Kier molecular flexibility index (Phi) is 9.18. The molecule has 0 bridgehead atoms. The zero-order valence-corrected chi connectivity index (χ0v) is 17.8. The van der Waals surface area contributed by atoms with Crippen LogP contribution in [0.3, 0.4) is 0 Å². The normalized spacial score (nSPS) is 11.2. The van der Waals surface area contributed by atoms with Crippen LogP contribution in [0.5, 0.6) is 5.75 Å². The predicted octanol–water partition coefficient (Wildman–Crippen LogP) is 4.76. The maximum Gasteiger partial charge on any atom is 0.334 e. The lowest BCUT2D eigenvalue weighted by molar-refractivity contribution is -0.143. The Morgan fingerprint density at radius 2 is 1.90 bits per heavy atom. The Morgan fingerprint density at radius 3 is 2.52 bits per heavy atom. The summed E-state index contributed by atoms with van der Waals surface area (Å²) >= 11 is 7.78. The summed E-state index contributed by atoms with van der Waals surface area (Å²) in [6.07, 6.45) is 0.750. The molecule has 0 amide bonds. The fourth-order valence-electron chi connectivity index (χ4n) is 2.14. The van der Waals surface area contributed by atoms with Gasteiger partial charge in [0, 0.05) is 34.8 Å². The number of hydrogen-bond donors (Lipinski definition) is 1. The third kappa shape index (κ3) is 7.20. The van der Waals surface area contributed by atoms with Crippen LogP contribution in [0, 0.1) is 0 Å². The molecular weight excluding hydrogens is 414 g/mol. The van der Waals surface area contributed by atoms with Gasteiger partial charge in [0.05, 0.1) is 11.6 Å². The van der Waals surface area contributed by atoms with E-state index in [9.17, 15) is 9.59 Å². The van der Waals surface area contributed by atoms with E-state index >= 15 is 0 Å². The van der Waals surface area contributed by atoms with Crippen molar-refractivity contribution in [3.63, 3.8) is 0 Å². The molecule has 0 aliphatic carbocycles. The lowest BCUT2D eigenvalue weighted by Gasteiger charge is -2.09. The van der Waals surface area contributed by atoms with E-state index in [4.69, 9.17) is 21.4 Å². The summed E-state index contributed by atoms with van der Waals surface area (Å²) < 4.78 is 5.50. The molecule has 154 valence electrons. The maximum atomic E-state index is 12.3. The van der Waals surface area contributed by atoms with Crippen molar-refractivity contribution in [2.24, 2.45) is 5.16 Å². The predicted molar refractivity (Wildman–Crippen MR) is 113 cm³/mol. The molecule has 2 aromatic carbocycles. The van der Waals surface area contributed by atoms with Gasteiger partial charge in [0.15, 0.2) is 0 Å². The third-order valence-corrected chi connectivity index (χ3v) is 5.23. The number of nitrogens with zero attached hydrogens (tertiary/aromatic N) is 1. The van der Waals surface area contributed by atoms with E-state index in [-0.39, 0.29) is 24.5 Å². The van der Waals surface area contributed by atoms with Crippen molar-refractivity contribution in [3.05, 3.63) is 53.1 Å². The minimum Gasteiger partial charge on any atom is -0.493 e. The molecule has 2 aromatic rings. The number of carbonyl (C=O) groups excluding carboxylic acids is 2. The number of hydrogen-bond acceptors (Lipinski definition) is 7. The van der Waals surface area contributed by atoms with Gasteiger partial charge in [-0.05, 0) is 49.4 Å². The number of aliphatic hydroxyl groups excluding tert-OH is 1. The van der Waals surface area contributed by atoms with Gasteiger partial charge in [0.25, 0.3) is 0 Å². The van der Waals surface area contributed by atoms with Crippen molar-refractivity contribution in [2.45, 2.75) is 36.5 Å². The molecule has 0 radical (unpaired) electrons. The topological polar surface area (TPSA) is 85.2 Å². The van der Waals surface area contributed by atoms with E-state index in [0.717, 1.165) is 9.79 Å². The summed E-state index contributed by atoms with van der Waals surface area (Å²) in [7, 11) is 0. The first kappa shape index (κ1) is 22.9. The van der Waals surface area contributed by atoms with E-state index in [1.807, 2.05) is 24.3 Å². The summed E-state index contributed by atoms with van der Waals surface area (Å²) in [6, 6.07) is 12.4. The number of aliphatic hydroxyl groups is 1. The highest BCUT2D eigenvalue weighted by molar-refractivity contribution is 7.99. The number of ketones is 1. The van der Waals surface area contributed by atoms with Gasteiger partial charge < -0.3 is 14.7 Å². The van der Waals surface area contributed by atoms with Crippen LogP contribution in [-0.2, 0) is 9.63 Å². The first-order valence-corrected chi connectivity index (χ1v) is 10.2. The molecule has 0 heterocycles. The van der Waals surface area contributed by atoms with Gasteiger partial charge in [-0.3, -0.25) is 4.79 Å². The average Bonchev–Trinajstić information content (AvgIpc) is 2.73. The van der Waals surface area contributed by atoms with E-state index < -0.39 is 5.97 Å². The number of carbonyl (C=O) groups is 2. The van der Waals surface area contributed by atoms with Crippen molar-refractivity contribution in [1.29, 1.82) is 0 Å². The number of ether oxygens (including phenoxy) is 1. The number of rotatable bonds is 10. The van der Waals surface area contributed by atoms with E-state index in [1.54, 1.807) is 25.1 Å². The SMILES string of the molecule is CCC(=O)O/N=C(\C)C(=O)c1ccc(Sc2ccc(OCCCO)cc2Cl)cc1. The van der Waals surface area contributed by atoms with Crippen LogP contribution in [0.15, 0.2) is 57.4 Å². The van der Waals surface area contributed by atoms with Crippen molar-refractivity contribution in [3.8, 4) is 5.75 Å². The minimum atomic E-state index is -0.495. The van der Waals surface area contributed by atoms with Crippen LogP contribution in [0.1, 0.15) is 37.0 Å². The first-order valence-electron chi connectivity index (χ1n) is 9.04. The highest BCUT2D eigenvalue weighted by atomic mass is 35.5. The highest BCUT2D eigenvalue weighted by Crippen LogP contribution is 2.35. The molecule has 8 heteroatoms. The van der Waals surface area contributed by atoms with Crippen LogP contribution >= 0.6 is 23.4 Å². The Labute approximate surface area is 178 Å². The summed E-state index contributed by atoms with van der Waals surface area (Å²) in [4.78, 5) is 29.9. The summed E-state index contributed by atoms with van der Waals surface area (Å²) in [6.45, 7) is 3.65. The van der Waals surface area contributed by atoms with Gasteiger partial charge >= 0.3 is 5.97 Å². The number of halogens is 1. The lowest BCUT2D eigenvalue weighted by Crippen LogP contribution is -2.12. The zero-order chi connectivity index (χ0) is 21.2. The largest absolute Gasteiger partial charge is 0.493 e. The Morgan fingerprint density at radius 1 is 1.17 bits per heavy atom. The molecule has 0 aliphatic rings. The average molecular weight is 436 g/mol. The number of oxime groups is 1. The molecule has 6 nitrogen and oxygen atoms in total. The maximum absolute atomic E-state index is 12.3. The molecule has 0 atom stereocenters. The monoisotopic (exact) mass is 435 g/mol. The molecule has 0 saturated carbocycles. The van der Waals surface area contributed by atoms with Crippen LogP contribution in [0.2, 0.25) is 5.02 Å². The van der Waals surface area contributed by atoms with Gasteiger partial charge in [0.1, 0.15) is 11.5 Å².